The average molecular weight is 398 g/mol. The number of hydrogen-bond donors (Lipinski definition) is 1. The Labute approximate surface area is 170 Å². The first-order valence-electron chi connectivity index (χ1n) is 9.79. The maximum Gasteiger partial charge on any atom is 0.265 e. The third-order valence-electron chi connectivity index (χ3n) is 4.45. The zero-order chi connectivity index (χ0) is 20.6. The molecule has 1 N–H and O–H groups in total. The Hall–Kier alpha value is -3.22. The number of ether oxygens (including phenoxy) is 3. The minimum Gasteiger partial charge on any atom is -0.490 e. The molecule has 0 saturated carbocycles. The van der Waals surface area contributed by atoms with Crippen LogP contribution in [0.25, 0.3) is 0 Å². The second-order valence-electron chi connectivity index (χ2n) is 6.48. The predicted molar refractivity (Wildman–Crippen MR) is 110 cm³/mol. The molecule has 0 saturated heterocycles. The van der Waals surface area contributed by atoms with Gasteiger partial charge in [0.1, 0.15) is 12.3 Å². The van der Waals surface area contributed by atoms with Crippen molar-refractivity contribution < 1.29 is 23.8 Å². The molecular weight excluding hydrogens is 372 g/mol. The van der Waals surface area contributed by atoms with Crippen molar-refractivity contribution in [2.24, 2.45) is 0 Å². The van der Waals surface area contributed by atoms with Gasteiger partial charge in [-0.3, -0.25) is 14.5 Å². The summed E-state index contributed by atoms with van der Waals surface area (Å²) < 4.78 is 16.6. The van der Waals surface area contributed by atoms with Crippen LogP contribution in [0.3, 0.4) is 0 Å². The Morgan fingerprint density at radius 2 is 1.86 bits per heavy atom. The normalized spacial score (nSPS) is 12.8. The quantitative estimate of drug-likeness (QED) is 0.703. The fourth-order valence-electron chi connectivity index (χ4n) is 3.12. The number of nitrogens with zero attached hydrogens (tertiary/aromatic N) is 1. The highest BCUT2D eigenvalue weighted by Crippen LogP contribution is 2.31. The molecule has 0 radical (unpaired) electrons. The van der Waals surface area contributed by atoms with E-state index in [-0.39, 0.29) is 25.0 Å². The van der Waals surface area contributed by atoms with Crippen LogP contribution in [-0.4, -0.2) is 44.7 Å². The molecule has 2 aromatic rings. The Morgan fingerprint density at radius 3 is 2.66 bits per heavy atom. The number of amides is 2. The Morgan fingerprint density at radius 1 is 1.10 bits per heavy atom. The molecule has 0 unspecified atom stereocenters. The number of rotatable bonds is 9. The lowest BCUT2D eigenvalue weighted by atomic mass is 10.1. The third-order valence-corrected chi connectivity index (χ3v) is 4.45. The smallest absolute Gasteiger partial charge is 0.265 e. The zero-order valence-corrected chi connectivity index (χ0v) is 16.8. The van der Waals surface area contributed by atoms with Crippen LogP contribution in [0.2, 0.25) is 0 Å². The van der Waals surface area contributed by atoms with E-state index in [1.807, 2.05) is 44.2 Å². The van der Waals surface area contributed by atoms with Gasteiger partial charge in [0.2, 0.25) is 5.91 Å². The van der Waals surface area contributed by atoms with Crippen LogP contribution < -0.4 is 24.4 Å². The summed E-state index contributed by atoms with van der Waals surface area (Å²) >= 11 is 0. The van der Waals surface area contributed by atoms with Crippen LogP contribution in [-0.2, 0) is 16.0 Å². The van der Waals surface area contributed by atoms with E-state index in [1.165, 1.54) is 4.90 Å². The SMILES string of the molecule is CCOc1ccc(CCNC(=O)CN2C(=O)COc3ccccc32)cc1OCC. The minimum absolute atomic E-state index is 0.0350. The van der Waals surface area contributed by atoms with Crippen LogP contribution in [0.4, 0.5) is 5.69 Å². The molecule has 2 amide bonds. The van der Waals surface area contributed by atoms with Crippen molar-refractivity contribution in [2.75, 3.05) is 37.8 Å². The highest BCUT2D eigenvalue weighted by Gasteiger charge is 2.26. The first-order chi connectivity index (χ1) is 14.1. The number of carbonyl (C=O) groups excluding carboxylic acids is 2. The van der Waals surface area contributed by atoms with Gasteiger partial charge in [0.25, 0.3) is 5.91 Å². The van der Waals surface area contributed by atoms with Crippen LogP contribution in [0.5, 0.6) is 17.2 Å². The lowest BCUT2D eigenvalue weighted by Gasteiger charge is -2.28. The summed E-state index contributed by atoms with van der Waals surface area (Å²) in [6.07, 6.45) is 0.645. The van der Waals surface area contributed by atoms with E-state index in [0.717, 1.165) is 5.56 Å². The third kappa shape index (κ3) is 5.19. The number of anilines is 1. The van der Waals surface area contributed by atoms with Gasteiger partial charge in [-0.1, -0.05) is 18.2 Å². The standard InChI is InChI=1S/C22H26N2O5/c1-3-27-19-10-9-16(13-20(19)28-4-2)11-12-23-21(25)14-24-17-7-5-6-8-18(17)29-15-22(24)26/h5-10,13H,3-4,11-12,14-15H2,1-2H3,(H,23,25). The minimum atomic E-state index is -0.230. The van der Waals surface area contributed by atoms with Crippen molar-refractivity contribution in [1.82, 2.24) is 5.32 Å². The van der Waals surface area contributed by atoms with Crippen LogP contribution in [0, 0.1) is 0 Å². The van der Waals surface area contributed by atoms with E-state index in [0.29, 0.717) is 49.1 Å². The molecule has 29 heavy (non-hydrogen) atoms. The summed E-state index contributed by atoms with van der Waals surface area (Å²) in [5.41, 5.74) is 1.65. The maximum atomic E-state index is 12.4. The average Bonchev–Trinajstić information content (AvgIpc) is 2.72. The molecule has 7 nitrogen and oxygen atoms in total. The van der Waals surface area contributed by atoms with Gasteiger partial charge in [-0.25, -0.2) is 0 Å². The molecule has 0 atom stereocenters. The number of fused-ring (bicyclic) bond motifs is 1. The van der Waals surface area contributed by atoms with Crippen LogP contribution >= 0.6 is 0 Å². The molecule has 0 aromatic heterocycles. The molecule has 0 aliphatic carbocycles. The Balaban J connectivity index is 1.55. The van der Waals surface area contributed by atoms with E-state index in [9.17, 15) is 9.59 Å². The summed E-state index contributed by atoms with van der Waals surface area (Å²) in [4.78, 5) is 26.0. The molecule has 0 fully saturated rings. The highest BCUT2D eigenvalue weighted by atomic mass is 16.5. The predicted octanol–water partition coefficient (Wildman–Crippen LogP) is 2.57. The zero-order valence-electron chi connectivity index (χ0n) is 16.8. The van der Waals surface area contributed by atoms with Gasteiger partial charge in [-0.05, 0) is 50.1 Å². The van der Waals surface area contributed by atoms with E-state index in [1.54, 1.807) is 12.1 Å². The van der Waals surface area contributed by atoms with E-state index in [2.05, 4.69) is 5.32 Å². The highest BCUT2D eigenvalue weighted by molar-refractivity contribution is 6.02. The molecule has 2 aromatic carbocycles. The summed E-state index contributed by atoms with van der Waals surface area (Å²) in [7, 11) is 0. The van der Waals surface area contributed by atoms with Crippen molar-refractivity contribution in [3.8, 4) is 17.2 Å². The largest absolute Gasteiger partial charge is 0.490 e. The van der Waals surface area contributed by atoms with Gasteiger partial charge in [-0.15, -0.1) is 0 Å². The molecule has 1 aliphatic heterocycles. The number of benzene rings is 2. The molecule has 7 heteroatoms. The second-order valence-corrected chi connectivity index (χ2v) is 6.48. The number of hydrogen-bond acceptors (Lipinski definition) is 5. The second kappa shape index (κ2) is 9.82. The fraction of sp³-hybridized carbons (Fsp3) is 0.364. The Bertz CT molecular complexity index is 868. The van der Waals surface area contributed by atoms with Gasteiger partial charge in [-0.2, -0.15) is 0 Å². The fourth-order valence-corrected chi connectivity index (χ4v) is 3.12. The van der Waals surface area contributed by atoms with Crippen molar-refractivity contribution in [1.29, 1.82) is 0 Å². The van der Waals surface area contributed by atoms with E-state index >= 15 is 0 Å². The van der Waals surface area contributed by atoms with E-state index < -0.39 is 0 Å². The van der Waals surface area contributed by atoms with Crippen molar-refractivity contribution in [3.63, 3.8) is 0 Å². The first kappa shape index (κ1) is 20.5. The Kier molecular flexibility index (Phi) is 6.94. The summed E-state index contributed by atoms with van der Waals surface area (Å²) in [6, 6.07) is 13.0. The van der Waals surface area contributed by atoms with Crippen molar-refractivity contribution in [2.45, 2.75) is 20.3 Å². The molecule has 0 bridgehead atoms. The number of para-hydroxylation sites is 2. The van der Waals surface area contributed by atoms with Gasteiger partial charge in [0, 0.05) is 6.54 Å². The number of carbonyl (C=O) groups is 2. The topological polar surface area (TPSA) is 77.1 Å². The number of nitrogens with one attached hydrogen (secondary N) is 1. The van der Waals surface area contributed by atoms with Gasteiger partial charge in [0.05, 0.1) is 18.9 Å². The van der Waals surface area contributed by atoms with Crippen molar-refractivity contribution >= 4 is 17.5 Å². The van der Waals surface area contributed by atoms with Crippen LogP contribution in [0.1, 0.15) is 19.4 Å². The van der Waals surface area contributed by atoms with Gasteiger partial charge >= 0.3 is 0 Å². The molecule has 154 valence electrons. The summed E-state index contributed by atoms with van der Waals surface area (Å²) in [5.74, 6) is 1.58. The molecule has 0 spiro atoms. The van der Waals surface area contributed by atoms with Gasteiger partial charge in [0.15, 0.2) is 18.1 Å². The summed E-state index contributed by atoms with van der Waals surface area (Å²) in [5, 5.41) is 2.88. The molecule has 1 aliphatic rings. The van der Waals surface area contributed by atoms with Crippen molar-refractivity contribution in [3.05, 3.63) is 48.0 Å². The lowest BCUT2D eigenvalue weighted by molar-refractivity contribution is -0.125. The van der Waals surface area contributed by atoms with Gasteiger partial charge < -0.3 is 19.5 Å². The maximum absolute atomic E-state index is 12.4. The lowest BCUT2D eigenvalue weighted by Crippen LogP contribution is -2.45. The molecule has 3 rings (SSSR count). The van der Waals surface area contributed by atoms with Crippen LogP contribution in [0.15, 0.2) is 42.5 Å². The summed E-state index contributed by atoms with van der Waals surface area (Å²) in [6.45, 7) is 5.33. The molecular formula is C22H26N2O5. The molecule has 1 heterocycles. The first-order valence-corrected chi connectivity index (χ1v) is 9.79. The van der Waals surface area contributed by atoms with E-state index in [4.69, 9.17) is 14.2 Å². The monoisotopic (exact) mass is 398 g/mol.